The Morgan fingerprint density at radius 1 is 1.38 bits per heavy atom. The number of benzene rings is 1. The van der Waals surface area contributed by atoms with E-state index in [0.717, 1.165) is 17.8 Å². The fraction of sp³-hybridized carbons (Fsp3) is 0.250. The molecule has 4 nitrogen and oxygen atoms in total. The van der Waals surface area contributed by atoms with E-state index in [0.29, 0.717) is 5.52 Å². The maximum absolute atomic E-state index is 11.3. The van der Waals surface area contributed by atoms with Crippen LogP contribution in [0.1, 0.15) is 34.0 Å². The van der Waals surface area contributed by atoms with Gasteiger partial charge in [-0.05, 0) is 37.4 Å². The van der Waals surface area contributed by atoms with E-state index in [4.69, 9.17) is 0 Å². The minimum Gasteiger partial charge on any atom is -0.478 e. The number of hydrogen-bond acceptors (Lipinski definition) is 3. The number of aromatic carboxylic acids is 1. The summed E-state index contributed by atoms with van der Waals surface area (Å²) < 4.78 is 2.13. The number of aryl methyl sites for hydroxylation is 1. The molecule has 0 amide bonds. The topological polar surface area (TPSA) is 55.1 Å². The van der Waals surface area contributed by atoms with Crippen molar-refractivity contribution in [3.63, 3.8) is 0 Å². The quantitative estimate of drug-likeness (QED) is 0.795. The molecule has 0 aliphatic heterocycles. The van der Waals surface area contributed by atoms with Gasteiger partial charge in [0.15, 0.2) is 0 Å². The van der Waals surface area contributed by atoms with Crippen molar-refractivity contribution in [3.05, 3.63) is 52.0 Å². The number of rotatable bonds is 4. The second kappa shape index (κ2) is 5.33. The van der Waals surface area contributed by atoms with Crippen molar-refractivity contribution in [2.45, 2.75) is 26.3 Å². The number of carboxylic acid groups (broad SMARTS) is 1. The predicted octanol–water partition coefficient (Wildman–Crippen LogP) is 3.91. The molecule has 2 heterocycles. The Balaban J connectivity index is 2.08. The summed E-state index contributed by atoms with van der Waals surface area (Å²) >= 11 is 1.74. The van der Waals surface area contributed by atoms with E-state index in [-0.39, 0.29) is 11.6 Å². The number of fused-ring (bicyclic) bond motifs is 1. The Labute approximate surface area is 126 Å². The van der Waals surface area contributed by atoms with Gasteiger partial charge in [-0.3, -0.25) is 0 Å². The van der Waals surface area contributed by atoms with Crippen molar-refractivity contribution in [1.82, 2.24) is 9.55 Å². The van der Waals surface area contributed by atoms with Gasteiger partial charge in [-0.25, -0.2) is 9.78 Å². The van der Waals surface area contributed by atoms with Crippen LogP contribution in [0, 0.1) is 6.92 Å². The highest BCUT2D eigenvalue weighted by atomic mass is 32.1. The van der Waals surface area contributed by atoms with Gasteiger partial charge >= 0.3 is 5.97 Å². The molecule has 0 fully saturated rings. The van der Waals surface area contributed by atoms with E-state index in [2.05, 4.69) is 27.9 Å². The highest BCUT2D eigenvalue weighted by Gasteiger charge is 2.18. The molecule has 3 rings (SSSR count). The molecule has 3 aromatic rings. The Kier molecular flexibility index (Phi) is 3.51. The first-order valence-electron chi connectivity index (χ1n) is 6.81. The Hall–Kier alpha value is -2.14. The van der Waals surface area contributed by atoms with Crippen LogP contribution in [-0.4, -0.2) is 20.6 Å². The van der Waals surface area contributed by atoms with Gasteiger partial charge in [0.1, 0.15) is 11.3 Å². The van der Waals surface area contributed by atoms with E-state index in [1.54, 1.807) is 23.5 Å². The summed E-state index contributed by atoms with van der Waals surface area (Å²) in [5.41, 5.74) is 1.72. The molecule has 0 aliphatic rings. The highest BCUT2D eigenvalue weighted by Crippen LogP contribution is 2.26. The summed E-state index contributed by atoms with van der Waals surface area (Å²) in [7, 11) is 0. The zero-order valence-corrected chi connectivity index (χ0v) is 12.7. The van der Waals surface area contributed by atoms with Crippen LogP contribution in [0.25, 0.3) is 11.0 Å². The van der Waals surface area contributed by atoms with Gasteiger partial charge in [0, 0.05) is 17.3 Å². The molecule has 0 aliphatic carbocycles. The van der Waals surface area contributed by atoms with E-state index >= 15 is 0 Å². The van der Waals surface area contributed by atoms with E-state index in [1.807, 2.05) is 19.1 Å². The molecule has 1 N–H and O–H groups in total. The van der Waals surface area contributed by atoms with Crippen molar-refractivity contribution >= 4 is 28.3 Å². The molecule has 0 bridgehead atoms. The Bertz CT molecular complexity index is 790. The zero-order chi connectivity index (χ0) is 15.0. The largest absolute Gasteiger partial charge is 0.478 e. The minimum atomic E-state index is -0.934. The van der Waals surface area contributed by atoms with Gasteiger partial charge in [0.05, 0.1) is 11.1 Å². The summed E-state index contributed by atoms with van der Waals surface area (Å²) in [5, 5.41) is 11.4. The zero-order valence-electron chi connectivity index (χ0n) is 11.9. The lowest BCUT2D eigenvalue weighted by atomic mass is 10.1. The molecule has 108 valence electrons. The maximum atomic E-state index is 11.3. The van der Waals surface area contributed by atoms with Gasteiger partial charge in [-0.2, -0.15) is 0 Å². The fourth-order valence-electron chi connectivity index (χ4n) is 2.77. The van der Waals surface area contributed by atoms with Crippen LogP contribution in [0.15, 0.2) is 35.7 Å². The smallest absolute Gasteiger partial charge is 0.337 e. The molecule has 0 spiro atoms. The van der Waals surface area contributed by atoms with Crippen molar-refractivity contribution in [2.75, 3.05) is 0 Å². The number of thiophene rings is 1. The fourth-order valence-corrected chi connectivity index (χ4v) is 3.60. The highest BCUT2D eigenvalue weighted by molar-refractivity contribution is 7.09. The average Bonchev–Trinajstić information content (AvgIpc) is 3.03. The monoisotopic (exact) mass is 300 g/mol. The number of para-hydroxylation sites is 1. The molecule has 5 heteroatoms. The second-order valence-electron chi connectivity index (χ2n) is 5.14. The lowest BCUT2D eigenvalue weighted by Gasteiger charge is -2.15. The molecule has 21 heavy (non-hydrogen) atoms. The summed E-state index contributed by atoms with van der Waals surface area (Å²) in [5.74, 6) is -0.0843. The van der Waals surface area contributed by atoms with Crippen molar-refractivity contribution < 1.29 is 9.90 Å². The maximum Gasteiger partial charge on any atom is 0.337 e. The summed E-state index contributed by atoms with van der Waals surface area (Å²) in [6.45, 7) is 4.07. The average molecular weight is 300 g/mol. The first-order valence-corrected chi connectivity index (χ1v) is 7.69. The molecule has 1 unspecified atom stereocenters. The standard InChI is InChI=1S/C16H16N2O2S/c1-10(9-12-5-4-8-21-12)18-11(2)17-15-13(16(19)20)6-3-7-14(15)18/h3-8,10H,9H2,1-2H3,(H,19,20). The number of carbonyl (C=O) groups is 1. The summed E-state index contributed by atoms with van der Waals surface area (Å²) in [4.78, 5) is 17.1. The predicted molar refractivity (Wildman–Crippen MR) is 84.2 cm³/mol. The second-order valence-corrected chi connectivity index (χ2v) is 6.17. The van der Waals surface area contributed by atoms with Gasteiger partial charge < -0.3 is 9.67 Å². The third-order valence-corrected chi connectivity index (χ3v) is 4.54. The van der Waals surface area contributed by atoms with Gasteiger partial charge in [-0.15, -0.1) is 11.3 Å². The number of carboxylic acids is 1. The van der Waals surface area contributed by atoms with Gasteiger partial charge in [0.2, 0.25) is 0 Å². The summed E-state index contributed by atoms with van der Waals surface area (Å²) in [6, 6.07) is 9.73. The minimum absolute atomic E-state index is 0.234. The first kappa shape index (κ1) is 13.8. The van der Waals surface area contributed by atoms with Crippen LogP contribution in [0.3, 0.4) is 0 Å². The third-order valence-electron chi connectivity index (χ3n) is 3.64. The molecule has 1 atom stereocenters. The van der Waals surface area contributed by atoms with Crippen LogP contribution < -0.4 is 0 Å². The SMILES string of the molecule is Cc1nc2c(C(=O)O)cccc2n1C(C)Cc1cccs1. The molecular formula is C16H16N2O2S. The number of nitrogens with zero attached hydrogens (tertiary/aromatic N) is 2. The third kappa shape index (κ3) is 2.45. The number of hydrogen-bond donors (Lipinski definition) is 1. The van der Waals surface area contributed by atoms with E-state index in [1.165, 1.54) is 4.88 Å². The lowest BCUT2D eigenvalue weighted by molar-refractivity contribution is 0.0699. The molecule has 0 radical (unpaired) electrons. The first-order chi connectivity index (χ1) is 10.1. The summed E-state index contributed by atoms with van der Waals surface area (Å²) in [6.07, 6.45) is 0.918. The van der Waals surface area contributed by atoms with Crippen LogP contribution in [0.5, 0.6) is 0 Å². The van der Waals surface area contributed by atoms with E-state index in [9.17, 15) is 9.90 Å². The van der Waals surface area contributed by atoms with Gasteiger partial charge in [0.25, 0.3) is 0 Å². The molecule has 0 saturated heterocycles. The molecular weight excluding hydrogens is 284 g/mol. The number of aromatic nitrogens is 2. The normalized spacial score (nSPS) is 12.7. The van der Waals surface area contributed by atoms with Crippen molar-refractivity contribution in [2.24, 2.45) is 0 Å². The number of imidazole rings is 1. The van der Waals surface area contributed by atoms with Crippen LogP contribution in [0.2, 0.25) is 0 Å². The lowest BCUT2D eigenvalue weighted by Crippen LogP contribution is -2.09. The van der Waals surface area contributed by atoms with Crippen molar-refractivity contribution in [1.29, 1.82) is 0 Å². The van der Waals surface area contributed by atoms with Crippen molar-refractivity contribution in [3.8, 4) is 0 Å². The Morgan fingerprint density at radius 3 is 2.86 bits per heavy atom. The van der Waals surface area contributed by atoms with Crippen LogP contribution in [-0.2, 0) is 6.42 Å². The van der Waals surface area contributed by atoms with E-state index < -0.39 is 5.97 Å². The van der Waals surface area contributed by atoms with Crippen LogP contribution >= 0.6 is 11.3 Å². The molecule has 2 aromatic heterocycles. The Morgan fingerprint density at radius 2 is 2.19 bits per heavy atom. The van der Waals surface area contributed by atoms with Gasteiger partial charge in [-0.1, -0.05) is 12.1 Å². The molecule has 0 saturated carbocycles. The molecule has 1 aromatic carbocycles. The van der Waals surface area contributed by atoms with Crippen LogP contribution in [0.4, 0.5) is 0 Å².